The number of aliphatic imine (C=N–C) groups is 2. The monoisotopic (exact) mass is 260 g/mol. The molecule has 0 amide bonds. The van der Waals surface area contributed by atoms with Gasteiger partial charge in [0.15, 0.2) is 0 Å². The van der Waals surface area contributed by atoms with Gasteiger partial charge in [-0.1, -0.05) is 48.6 Å². The van der Waals surface area contributed by atoms with Crippen LogP contribution in [0.4, 0.5) is 11.4 Å². The van der Waals surface area contributed by atoms with Gasteiger partial charge in [-0.15, -0.1) is 0 Å². The molecule has 0 spiro atoms. The van der Waals surface area contributed by atoms with Crippen molar-refractivity contribution in [3.8, 4) is 0 Å². The third-order valence-electron chi connectivity index (χ3n) is 3.22. The zero-order valence-corrected chi connectivity index (χ0v) is 11.2. The summed E-state index contributed by atoms with van der Waals surface area (Å²) in [6.45, 7) is 0. The minimum atomic E-state index is 0.906. The summed E-state index contributed by atoms with van der Waals surface area (Å²) in [7, 11) is 0. The Bertz CT molecular complexity index is 611. The van der Waals surface area contributed by atoms with Crippen LogP contribution >= 0.6 is 0 Å². The molecule has 2 aliphatic rings. The molecule has 0 aromatic heterocycles. The highest BCUT2D eigenvalue weighted by molar-refractivity contribution is 5.87. The van der Waals surface area contributed by atoms with Crippen molar-refractivity contribution in [2.75, 3.05) is 0 Å². The summed E-state index contributed by atoms with van der Waals surface area (Å²) < 4.78 is 0. The molecule has 0 bridgehead atoms. The van der Waals surface area contributed by atoms with Gasteiger partial charge in [-0.3, -0.25) is 9.98 Å². The number of para-hydroxylation sites is 2. The molecule has 0 saturated carbocycles. The van der Waals surface area contributed by atoms with E-state index in [0.29, 0.717) is 0 Å². The summed E-state index contributed by atoms with van der Waals surface area (Å²) in [4.78, 5) is 9.10. The Hall–Kier alpha value is -2.48. The molecule has 0 saturated heterocycles. The third-order valence-corrected chi connectivity index (χ3v) is 3.22. The first kappa shape index (κ1) is 12.5. The molecule has 0 atom stereocenters. The molecule has 0 unspecified atom stereocenters. The Kier molecular flexibility index (Phi) is 3.83. The average Bonchev–Trinajstić information content (AvgIpc) is 3.17. The molecule has 1 aromatic rings. The highest BCUT2D eigenvalue weighted by Gasteiger charge is 2.00. The topological polar surface area (TPSA) is 24.7 Å². The number of benzene rings is 1. The van der Waals surface area contributed by atoms with Gasteiger partial charge in [0.25, 0.3) is 0 Å². The van der Waals surface area contributed by atoms with E-state index in [0.717, 1.165) is 24.2 Å². The fraction of sp³-hybridized carbons (Fsp3) is 0.111. The Balaban J connectivity index is 1.77. The van der Waals surface area contributed by atoms with Gasteiger partial charge in [0, 0.05) is 12.4 Å². The van der Waals surface area contributed by atoms with E-state index in [-0.39, 0.29) is 0 Å². The summed E-state index contributed by atoms with van der Waals surface area (Å²) in [5, 5.41) is 0. The predicted molar refractivity (Wildman–Crippen MR) is 86.4 cm³/mol. The van der Waals surface area contributed by atoms with Crippen LogP contribution in [0.5, 0.6) is 0 Å². The lowest BCUT2D eigenvalue weighted by Gasteiger charge is -2.00. The van der Waals surface area contributed by atoms with Gasteiger partial charge in [0.1, 0.15) is 0 Å². The van der Waals surface area contributed by atoms with Crippen molar-refractivity contribution in [2.24, 2.45) is 9.98 Å². The van der Waals surface area contributed by atoms with Crippen LogP contribution in [0.25, 0.3) is 0 Å². The lowest BCUT2D eigenvalue weighted by Crippen LogP contribution is -1.80. The standard InChI is InChI=1S/C18H16N2/c1-2-8-15(7-1)13-19-17-11-5-6-12-18(17)20-14-16-9-3-4-10-16/h1-7,9,11-14H,8,10H2. The number of nitrogens with zero attached hydrogens (tertiary/aromatic N) is 2. The minimum absolute atomic E-state index is 0.906. The molecule has 0 fully saturated rings. The van der Waals surface area contributed by atoms with Crippen LogP contribution in [0.3, 0.4) is 0 Å². The first-order valence-electron chi connectivity index (χ1n) is 6.80. The molecule has 0 N–H and O–H groups in total. The van der Waals surface area contributed by atoms with E-state index in [1.54, 1.807) is 0 Å². The molecule has 2 nitrogen and oxygen atoms in total. The fourth-order valence-corrected chi connectivity index (χ4v) is 2.11. The Morgan fingerprint density at radius 1 is 0.750 bits per heavy atom. The van der Waals surface area contributed by atoms with Gasteiger partial charge >= 0.3 is 0 Å². The van der Waals surface area contributed by atoms with Gasteiger partial charge in [-0.25, -0.2) is 0 Å². The van der Waals surface area contributed by atoms with Crippen LogP contribution in [0.2, 0.25) is 0 Å². The Morgan fingerprint density at radius 2 is 1.25 bits per heavy atom. The lowest BCUT2D eigenvalue weighted by atomic mass is 10.2. The zero-order valence-electron chi connectivity index (χ0n) is 11.2. The van der Waals surface area contributed by atoms with E-state index in [2.05, 4.69) is 46.4 Å². The number of hydrogen-bond acceptors (Lipinski definition) is 2. The lowest BCUT2D eigenvalue weighted by molar-refractivity contribution is 1.36. The van der Waals surface area contributed by atoms with E-state index >= 15 is 0 Å². The second kappa shape index (κ2) is 6.11. The molecular weight excluding hydrogens is 244 g/mol. The Labute approximate surface area is 119 Å². The maximum atomic E-state index is 4.55. The molecule has 20 heavy (non-hydrogen) atoms. The minimum Gasteiger partial charge on any atom is -0.254 e. The SMILES string of the molecule is C1=CCC(C=Nc2ccccc2N=CC2=CC=CC2)=C1. The van der Waals surface area contributed by atoms with Crippen LogP contribution in [0.1, 0.15) is 12.8 Å². The number of hydrogen-bond donors (Lipinski definition) is 0. The molecule has 3 rings (SSSR count). The summed E-state index contributed by atoms with van der Waals surface area (Å²) in [5.41, 5.74) is 4.27. The normalized spacial score (nSPS) is 17.4. The summed E-state index contributed by atoms with van der Waals surface area (Å²) in [5.74, 6) is 0. The van der Waals surface area contributed by atoms with Crippen molar-refractivity contribution < 1.29 is 0 Å². The first-order valence-corrected chi connectivity index (χ1v) is 6.80. The van der Waals surface area contributed by atoms with Crippen molar-refractivity contribution in [1.29, 1.82) is 0 Å². The van der Waals surface area contributed by atoms with Gasteiger partial charge in [0.05, 0.1) is 11.4 Å². The van der Waals surface area contributed by atoms with E-state index in [4.69, 9.17) is 0 Å². The van der Waals surface area contributed by atoms with E-state index in [1.807, 2.05) is 36.7 Å². The quantitative estimate of drug-likeness (QED) is 0.690. The molecule has 0 aliphatic heterocycles. The van der Waals surface area contributed by atoms with Crippen molar-refractivity contribution in [2.45, 2.75) is 12.8 Å². The van der Waals surface area contributed by atoms with Crippen LogP contribution in [-0.2, 0) is 0 Å². The van der Waals surface area contributed by atoms with Crippen molar-refractivity contribution in [1.82, 2.24) is 0 Å². The molecule has 0 heterocycles. The number of allylic oxidation sites excluding steroid dienone is 8. The fourth-order valence-electron chi connectivity index (χ4n) is 2.11. The van der Waals surface area contributed by atoms with E-state index in [9.17, 15) is 0 Å². The molecule has 98 valence electrons. The molecule has 2 heteroatoms. The van der Waals surface area contributed by atoms with Gasteiger partial charge in [0.2, 0.25) is 0 Å². The van der Waals surface area contributed by atoms with E-state index < -0.39 is 0 Å². The van der Waals surface area contributed by atoms with Crippen molar-refractivity contribution in [3.05, 3.63) is 71.9 Å². The molecule has 0 radical (unpaired) electrons. The second-order valence-corrected chi connectivity index (χ2v) is 4.75. The molecular formula is C18H16N2. The van der Waals surface area contributed by atoms with Gasteiger partial charge in [-0.05, 0) is 36.1 Å². The smallest absolute Gasteiger partial charge is 0.0886 e. The van der Waals surface area contributed by atoms with Crippen molar-refractivity contribution >= 4 is 23.8 Å². The van der Waals surface area contributed by atoms with Crippen LogP contribution in [0, 0.1) is 0 Å². The maximum absolute atomic E-state index is 4.55. The maximum Gasteiger partial charge on any atom is 0.0886 e. The number of rotatable bonds is 4. The predicted octanol–water partition coefficient (Wildman–Crippen LogP) is 4.86. The van der Waals surface area contributed by atoms with Crippen LogP contribution in [-0.4, -0.2) is 12.4 Å². The highest BCUT2D eigenvalue weighted by atomic mass is 14.8. The summed E-state index contributed by atoms with van der Waals surface area (Å²) in [6.07, 6.45) is 18.3. The molecule has 1 aromatic carbocycles. The largest absolute Gasteiger partial charge is 0.254 e. The molecule has 2 aliphatic carbocycles. The first-order chi connectivity index (χ1) is 9.92. The van der Waals surface area contributed by atoms with E-state index in [1.165, 1.54) is 11.1 Å². The van der Waals surface area contributed by atoms with Gasteiger partial charge in [-0.2, -0.15) is 0 Å². The second-order valence-electron chi connectivity index (χ2n) is 4.75. The Morgan fingerprint density at radius 3 is 1.65 bits per heavy atom. The van der Waals surface area contributed by atoms with Crippen LogP contribution in [0.15, 0.2) is 81.9 Å². The third kappa shape index (κ3) is 3.09. The summed E-state index contributed by atoms with van der Waals surface area (Å²) in [6, 6.07) is 7.97. The average molecular weight is 260 g/mol. The van der Waals surface area contributed by atoms with Crippen molar-refractivity contribution in [3.63, 3.8) is 0 Å². The van der Waals surface area contributed by atoms with Gasteiger partial charge < -0.3 is 0 Å². The van der Waals surface area contributed by atoms with Crippen LogP contribution < -0.4 is 0 Å². The highest BCUT2D eigenvalue weighted by Crippen LogP contribution is 2.27. The summed E-state index contributed by atoms with van der Waals surface area (Å²) >= 11 is 0. The zero-order chi connectivity index (χ0) is 13.6.